The summed E-state index contributed by atoms with van der Waals surface area (Å²) in [6.07, 6.45) is 3.38. The summed E-state index contributed by atoms with van der Waals surface area (Å²) in [5.41, 5.74) is 1.89. The predicted molar refractivity (Wildman–Crippen MR) is 93.6 cm³/mol. The third kappa shape index (κ3) is 2.57. The molecular formula is C17H14N4OS. The van der Waals surface area contributed by atoms with Crippen LogP contribution < -0.4 is 10.1 Å². The molecule has 6 heteroatoms. The Balaban J connectivity index is 1.73. The van der Waals surface area contributed by atoms with Crippen molar-refractivity contribution in [2.24, 2.45) is 0 Å². The smallest absolute Gasteiger partial charge is 0.151 e. The van der Waals surface area contributed by atoms with E-state index in [2.05, 4.69) is 20.3 Å². The van der Waals surface area contributed by atoms with Gasteiger partial charge in [0.2, 0.25) is 0 Å². The normalized spacial score (nSPS) is 11.0. The average molecular weight is 322 g/mol. The van der Waals surface area contributed by atoms with Crippen molar-refractivity contribution in [3.63, 3.8) is 0 Å². The number of ether oxygens (including phenoxy) is 1. The molecule has 0 fully saturated rings. The molecule has 23 heavy (non-hydrogen) atoms. The number of hydrogen-bond donors (Lipinski definition) is 1. The molecule has 0 aliphatic rings. The van der Waals surface area contributed by atoms with E-state index in [0.29, 0.717) is 6.61 Å². The molecule has 1 N–H and O–H groups in total. The molecule has 0 saturated heterocycles. The molecular weight excluding hydrogens is 308 g/mol. The fourth-order valence-corrected chi connectivity index (χ4v) is 3.48. The number of nitrogens with zero attached hydrogens (tertiary/aromatic N) is 3. The topological polar surface area (TPSA) is 59.9 Å². The first-order chi connectivity index (χ1) is 11.3. The van der Waals surface area contributed by atoms with Gasteiger partial charge in [-0.05, 0) is 43.3 Å². The largest absolute Gasteiger partial charge is 0.494 e. The van der Waals surface area contributed by atoms with Crippen LogP contribution in [-0.2, 0) is 0 Å². The molecule has 4 rings (SSSR count). The van der Waals surface area contributed by atoms with E-state index < -0.39 is 0 Å². The molecule has 3 heterocycles. The maximum absolute atomic E-state index is 5.46. The summed E-state index contributed by atoms with van der Waals surface area (Å²) in [5.74, 6) is 1.65. The van der Waals surface area contributed by atoms with Crippen LogP contribution in [0, 0.1) is 0 Å². The summed E-state index contributed by atoms with van der Waals surface area (Å²) < 4.78 is 6.47. The van der Waals surface area contributed by atoms with Gasteiger partial charge in [0, 0.05) is 17.3 Å². The highest BCUT2D eigenvalue weighted by molar-refractivity contribution is 7.25. The van der Waals surface area contributed by atoms with Gasteiger partial charge in [-0.25, -0.2) is 15.0 Å². The summed E-state index contributed by atoms with van der Waals surface area (Å²) in [4.78, 5) is 14.2. The van der Waals surface area contributed by atoms with Gasteiger partial charge >= 0.3 is 0 Å². The number of aromatic nitrogens is 3. The van der Waals surface area contributed by atoms with Crippen LogP contribution in [0.4, 0.5) is 11.5 Å². The molecule has 5 nitrogen and oxygen atoms in total. The van der Waals surface area contributed by atoms with Gasteiger partial charge in [0.25, 0.3) is 0 Å². The SMILES string of the molecule is CCOc1ccc(Nc2ncnc3c2sc2ncccc23)cc1. The van der Waals surface area contributed by atoms with Crippen molar-refractivity contribution >= 4 is 43.3 Å². The molecule has 0 atom stereocenters. The number of rotatable bonds is 4. The van der Waals surface area contributed by atoms with Gasteiger partial charge in [-0.1, -0.05) is 0 Å². The maximum Gasteiger partial charge on any atom is 0.151 e. The lowest BCUT2D eigenvalue weighted by Crippen LogP contribution is -1.95. The lowest BCUT2D eigenvalue weighted by atomic mass is 10.3. The molecule has 3 aromatic heterocycles. The van der Waals surface area contributed by atoms with E-state index in [0.717, 1.165) is 37.7 Å². The number of pyridine rings is 1. The zero-order valence-electron chi connectivity index (χ0n) is 12.5. The Morgan fingerprint density at radius 3 is 2.78 bits per heavy atom. The lowest BCUT2D eigenvalue weighted by Gasteiger charge is -2.07. The van der Waals surface area contributed by atoms with Gasteiger partial charge in [0.1, 0.15) is 16.9 Å². The Kier molecular flexibility index (Phi) is 3.51. The summed E-state index contributed by atoms with van der Waals surface area (Å²) in [7, 11) is 0. The fourth-order valence-electron chi connectivity index (χ4n) is 2.44. The van der Waals surface area contributed by atoms with Crippen LogP contribution in [0.15, 0.2) is 48.9 Å². The molecule has 0 saturated carbocycles. The number of hydrogen-bond acceptors (Lipinski definition) is 6. The van der Waals surface area contributed by atoms with E-state index >= 15 is 0 Å². The summed E-state index contributed by atoms with van der Waals surface area (Å²) >= 11 is 1.60. The summed E-state index contributed by atoms with van der Waals surface area (Å²) in [6, 6.07) is 11.8. The second kappa shape index (κ2) is 5.81. The van der Waals surface area contributed by atoms with Gasteiger partial charge in [0.05, 0.1) is 16.8 Å². The van der Waals surface area contributed by atoms with Crippen LogP contribution in [0.5, 0.6) is 5.75 Å². The predicted octanol–water partition coefficient (Wildman–Crippen LogP) is 4.38. The van der Waals surface area contributed by atoms with Crippen molar-refractivity contribution in [2.75, 3.05) is 11.9 Å². The van der Waals surface area contributed by atoms with Crippen LogP contribution in [0.25, 0.3) is 20.4 Å². The van der Waals surface area contributed by atoms with E-state index in [1.807, 2.05) is 43.3 Å². The highest BCUT2D eigenvalue weighted by atomic mass is 32.1. The van der Waals surface area contributed by atoms with E-state index in [1.165, 1.54) is 0 Å². The third-order valence-electron chi connectivity index (χ3n) is 3.46. The highest BCUT2D eigenvalue weighted by Gasteiger charge is 2.11. The number of thiophene rings is 1. The maximum atomic E-state index is 5.46. The minimum atomic E-state index is 0.661. The number of benzene rings is 1. The Morgan fingerprint density at radius 1 is 1.09 bits per heavy atom. The standard InChI is InChI=1S/C17H14N4OS/c1-2-22-12-7-5-11(6-8-12)21-16-15-14(19-10-20-16)13-4-3-9-18-17(13)23-15/h3-10H,2H2,1H3,(H,19,20,21). The van der Waals surface area contributed by atoms with E-state index in [4.69, 9.17) is 4.74 Å². The van der Waals surface area contributed by atoms with Crippen molar-refractivity contribution in [3.8, 4) is 5.75 Å². The van der Waals surface area contributed by atoms with Gasteiger partial charge in [-0.15, -0.1) is 11.3 Å². The Hall–Kier alpha value is -2.73. The highest BCUT2D eigenvalue weighted by Crippen LogP contribution is 2.35. The van der Waals surface area contributed by atoms with Crippen molar-refractivity contribution in [1.29, 1.82) is 0 Å². The molecule has 4 aromatic rings. The third-order valence-corrected chi connectivity index (χ3v) is 4.57. The number of nitrogens with one attached hydrogen (secondary N) is 1. The molecule has 0 amide bonds. The van der Waals surface area contributed by atoms with Crippen LogP contribution in [0.1, 0.15) is 6.92 Å². The molecule has 0 bridgehead atoms. The average Bonchev–Trinajstić information content (AvgIpc) is 2.97. The van der Waals surface area contributed by atoms with Crippen LogP contribution in [0.2, 0.25) is 0 Å². The Labute approximate surface area is 137 Å². The first-order valence-corrected chi connectivity index (χ1v) is 8.15. The minimum Gasteiger partial charge on any atom is -0.494 e. The zero-order valence-corrected chi connectivity index (χ0v) is 13.3. The van der Waals surface area contributed by atoms with Crippen molar-refractivity contribution in [1.82, 2.24) is 15.0 Å². The van der Waals surface area contributed by atoms with E-state index in [9.17, 15) is 0 Å². The van der Waals surface area contributed by atoms with Crippen LogP contribution in [0.3, 0.4) is 0 Å². The quantitative estimate of drug-likeness (QED) is 0.604. The molecule has 1 aromatic carbocycles. The first-order valence-electron chi connectivity index (χ1n) is 7.33. The molecule has 114 valence electrons. The molecule has 0 radical (unpaired) electrons. The van der Waals surface area contributed by atoms with Crippen molar-refractivity contribution < 1.29 is 4.74 Å². The second-order valence-electron chi connectivity index (χ2n) is 4.94. The zero-order chi connectivity index (χ0) is 15.6. The van der Waals surface area contributed by atoms with E-state index in [1.54, 1.807) is 23.9 Å². The lowest BCUT2D eigenvalue weighted by molar-refractivity contribution is 0.340. The molecule has 0 unspecified atom stereocenters. The Morgan fingerprint density at radius 2 is 1.96 bits per heavy atom. The fraction of sp³-hybridized carbons (Fsp3) is 0.118. The Bertz CT molecular complexity index is 965. The van der Waals surface area contributed by atoms with Gasteiger partial charge < -0.3 is 10.1 Å². The van der Waals surface area contributed by atoms with E-state index in [-0.39, 0.29) is 0 Å². The van der Waals surface area contributed by atoms with Gasteiger partial charge in [-0.3, -0.25) is 0 Å². The molecule has 0 aliphatic carbocycles. The van der Waals surface area contributed by atoms with Crippen molar-refractivity contribution in [3.05, 3.63) is 48.9 Å². The first kappa shape index (κ1) is 13.9. The van der Waals surface area contributed by atoms with Crippen molar-refractivity contribution in [2.45, 2.75) is 6.92 Å². The van der Waals surface area contributed by atoms with Crippen LogP contribution in [-0.4, -0.2) is 21.6 Å². The minimum absolute atomic E-state index is 0.661. The summed E-state index contributed by atoms with van der Waals surface area (Å²) in [5, 5.41) is 4.41. The molecule has 0 aliphatic heterocycles. The van der Waals surface area contributed by atoms with Gasteiger partial charge in [0.15, 0.2) is 5.82 Å². The number of fused-ring (bicyclic) bond motifs is 3. The molecule has 0 spiro atoms. The monoisotopic (exact) mass is 322 g/mol. The number of anilines is 2. The van der Waals surface area contributed by atoms with Crippen LogP contribution >= 0.6 is 11.3 Å². The van der Waals surface area contributed by atoms with Gasteiger partial charge in [-0.2, -0.15) is 0 Å². The second-order valence-corrected chi connectivity index (χ2v) is 5.94. The summed E-state index contributed by atoms with van der Waals surface area (Å²) in [6.45, 7) is 2.63.